The van der Waals surface area contributed by atoms with E-state index < -0.39 is 0 Å². The van der Waals surface area contributed by atoms with Crippen molar-refractivity contribution in [3.63, 3.8) is 0 Å². The highest BCUT2D eigenvalue weighted by Crippen LogP contribution is 2.19. The molecule has 1 amide bonds. The molecule has 0 aliphatic heterocycles. The number of para-hydroxylation sites is 1. The molecule has 3 aromatic rings. The van der Waals surface area contributed by atoms with Gasteiger partial charge < -0.3 is 10.6 Å². The van der Waals surface area contributed by atoms with E-state index in [1.54, 1.807) is 6.08 Å². The SMILES string of the molecule is C=CCNC(=O)c1ccccc1NCc1ccc2ccccc2c1. The number of nitrogens with one attached hydrogen (secondary N) is 2. The van der Waals surface area contributed by atoms with Crippen LogP contribution in [0.5, 0.6) is 0 Å². The van der Waals surface area contributed by atoms with E-state index in [2.05, 4.69) is 47.5 Å². The Morgan fingerprint density at radius 3 is 2.54 bits per heavy atom. The molecule has 3 nitrogen and oxygen atoms in total. The summed E-state index contributed by atoms with van der Waals surface area (Å²) >= 11 is 0. The lowest BCUT2D eigenvalue weighted by Crippen LogP contribution is -2.24. The van der Waals surface area contributed by atoms with Gasteiger partial charge in [-0.3, -0.25) is 4.79 Å². The second kappa shape index (κ2) is 7.47. The van der Waals surface area contributed by atoms with Gasteiger partial charge in [0.15, 0.2) is 0 Å². The van der Waals surface area contributed by atoms with Crippen molar-refractivity contribution in [2.45, 2.75) is 6.54 Å². The number of rotatable bonds is 6. The summed E-state index contributed by atoms with van der Waals surface area (Å²) in [5, 5.41) is 8.62. The topological polar surface area (TPSA) is 41.1 Å². The van der Waals surface area contributed by atoms with Crippen molar-refractivity contribution in [2.24, 2.45) is 0 Å². The molecule has 3 heteroatoms. The Bertz CT molecular complexity index is 870. The first-order valence-electron chi connectivity index (χ1n) is 7.97. The number of fused-ring (bicyclic) bond motifs is 1. The molecule has 0 aromatic heterocycles. The maximum atomic E-state index is 12.2. The number of hydrogen-bond acceptors (Lipinski definition) is 2. The lowest BCUT2D eigenvalue weighted by molar-refractivity contribution is 0.0959. The number of hydrogen-bond donors (Lipinski definition) is 2. The summed E-state index contributed by atoms with van der Waals surface area (Å²) in [7, 11) is 0. The minimum atomic E-state index is -0.100. The molecule has 3 rings (SSSR count). The van der Waals surface area contributed by atoms with Gasteiger partial charge in [0.05, 0.1) is 5.56 Å². The van der Waals surface area contributed by atoms with E-state index in [1.165, 1.54) is 16.3 Å². The Morgan fingerprint density at radius 2 is 1.71 bits per heavy atom. The van der Waals surface area contributed by atoms with Crippen molar-refractivity contribution in [3.05, 3.63) is 90.5 Å². The molecule has 0 fully saturated rings. The van der Waals surface area contributed by atoms with Crippen LogP contribution in [-0.2, 0) is 6.54 Å². The highest BCUT2D eigenvalue weighted by molar-refractivity contribution is 5.99. The van der Waals surface area contributed by atoms with Gasteiger partial charge in [0.25, 0.3) is 5.91 Å². The average molecular weight is 316 g/mol. The lowest BCUT2D eigenvalue weighted by atomic mass is 10.1. The monoisotopic (exact) mass is 316 g/mol. The van der Waals surface area contributed by atoms with Gasteiger partial charge in [-0.15, -0.1) is 6.58 Å². The first-order valence-corrected chi connectivity index (χ1v) is 7.97. The molecule has 120 valence electrons. The van der Waals surface area contributed by atoms with Gasteiger partial charge in [0.2, 0.25) is 0 Å². The second-order valence-corrected chi connectivity index (χ2v) is 5.58. The second-order valence-electron chi connectivity index (χ2n) is 5.58. The van der Waals surface area contributed by atoms with Gasteiger partial charge in [-0.1, -0.05) is 54.6 Å². The van der Waals surface area contributed by atoms with Crippen LogP contribution in [0.3, 0.4) is 0 Å². The van der Waals surface area contributed by atoms with Gasteiger partial charge in [0, 0.05) is 18.8 Å². The van der Waals surface area contributed by atoms with Crippen molar-refractivity contribution in [1.82, 2.24) is 5.32 Å². The molecule has 0 radical (unpaired) electrons. The average Bonchev–Trinajstić information content (AvgIpc) is 2.64. The van der Waals surface area contributed by atoms with Crippen molar-refractivity contribution in [2.75, 3.05) is 11.9 Å². The number of benzene rings is 3. The Morgan fingerprint density at radius 1 is 0.958 bits per heavy atom. The van der Waals surface area contributed by atoms with E-state index in [-0.39, 0.29) is 5.91 Å². The van der Waals surface area contributed by atoms with E-state index in [4.69, 9.17) is 0 Å². The smallest absolute Gasteiger partial charge is 0.253 e. The van der Waals surface area contributed by atoms with E-state index in [0.717, 1.165) is 5.69 Å². The standard InChI is InChI=1S/C21H20N2O/c1-2-13-22-21(24)19-9-5-6-10-20(19)23-15-16-11-12-17-7-3-4-8-18(17)14-16/h2-12,14,23H,1,13,15H2,(H,22,24). The summed E-state index contributed by atoms with van der Waals surface area (Å²) in [5.41, 5.74) is 2.64. The number of carbonyl (C=O) groups excluding carboxylic acids is 1. The molecule has 24 heavy (non-hydrogen) atoms. The van der Waals surface area contributed by atoms with Crippen LogP contribution in [-0.4, -0.2) is 12.5 Å². The molecule has 2 N–H and O–H groups in total. The summed E-state index contributed by atoms with van der Waals surface area (Å²) in [4.78, 5) is 12.2. The fraction of sp³-hybridized carbons (Fsp3) is 0.0952. The van der Waals surface area contributed by atoms with Gasteiger partial charge in [-0.05, 0) is 34.5 Å². The largest absolute Gasteiger partial charge is 0.380 e. The normalized spacial score (nSPS) is 10.3. The Labute approximate surface area is 142 Å². The molecule has 0 atom stereocenters. The summed E-state index contributed by atoms with van der Waals surface area (Å²) in [6.45, 7) is 4.74. The third kappa shape index (κ3) is 3.63. The summed E-state index contributed by atoms with van der Waals surface area (Å²) in [6.07, 6.45) is 1.67. The van der Waals surface area contributed by atoms with Crippen LogP contribution in [0.15, 0.2) is 79.4 Å². The van der Waals surface area contributed by atoms with Crippen LogP contribution in [0.25, 0.3) is 10.8 Å². The zero-order valence-electron chi connectivity index (χ0n) is 13.5. The molecule has 0 saturated carbocycles. The highest BCUT2D eigenvalue weighted by atomic mass is 16.1. The van der Waals surface area contributed by atoms with Crippen molar-refractivity contribution < 1.29 is 4.79 Å². The zero-order valence-corrected chi connectivity index (χ0v) is 13.5. The Balaban J connectivity index is 1.76. The van der Waals surface area contributed by atoms with Crippen LogP contribution in [0.4, 0.5) is 5.69 Å². The molecular weight excluding hydrogens is 296 g/mol. The molecule has 0 aliphatic rings. The number of anilines is 1. The summed E-state index contributed by atoms with van der Waals surface area (Å²) < 4.78 is 0. The molecular formula is C21H20N2O. The van der Waals surface area contributed by atoms with Crippen LogP contribution in [0, 0.1) is 0 Å². The predicted octanol–water partition coefficient (Wildman–Crippen LogP) is 4.37. The summed E-state index contributed by atoms with van der Waals surface area (Å²) in [6, 6.07) is 22.2. The van der Waals surface area contributed by atoms with Gasteiger partial charge in [-0.25, -0.2) is 0 Å². The minimum Gasteiger partial charge on any atom is -0.380 e. The van der Waals surface area contributed by atoms with Crippen molar-refractivity contribution >= 4 is 22.4 Å². The fourth-order valence-corrected chi connectivity index (χ4v) is 2.64. The van der Waals surface area contributed by atoms with Crippen LogP contribution in [0.1, 0.15) is 15.9 Å². The minimum absolute atomic E-state index is 0.100. The van der Waals surface area contributed by atoms with Crippen molar-refractivity contribution in [3.8, 4) is 0 Å². The molecule has 0 spiro atoms. The Kier molecular flexibility index (Phi) is 4.92. The maximum Gasteiger partial charge on any atom is 0.253 e. The van der Waals surface area contributed by atoms with E-state index >= 15 is 0 Å². The fourth-order valence-electron chi connectivity index (χ4n) is 2.64. The van der Waals surface area contributed by atoms with Crippen LogP contribution < -0.4 is 10.6 Å². The van der Waals surface area contributed by atoms with Crippen molar-refractivity contribution in [1.29, 1.82) is 0 Å². The molecule has 0 heterocycles. The molecule has 0 saturated heterocycles. The zero-order chi connectivity index (χ0) is 16.8. The Hall–Kier alpha value is -3.07. The van der Waals surface area contributed by atoms with E-state index in [9.17, 15) is 4.79 Å². The first kappa shape index (κ1) is 15.8. The molecule has 0 aliphatic carbocycles. The van der Waals surface area contributed by atoms with E-state index in [1.807, 2.05) is 36.4 Å². The third-order valence-electron chi connectivity index (χ3n) is 3.88. The van der Waals surface area contributed by atoms with Gasteiger partial charge >= 0.3 is 0 Å². The van der Waals surface area contributed by atoms with Gasteiger partial charge in [0.1, 0.15) is 0 Å². The van der Waals surface area contributed by atoms with Gasteiger partial charge in [-0.2, -0.15) is 0 Å². The molecule has 0 bridgehead atoms. The maximum absolute atomic E-state index is 12.2. The lowest BCUT2D eigenvalue weighted by Gasteiger charge is -2.12. The predicted molar refractivity (Wildman–Crippen MR) is 100 cm³/mol. The molecule has 3 aromatic carbocycles. The van der Waals surface area contributed by atoms with Crippen LogP contribution >= 0.6 is 0 Å². The quantitative estimate of drug-likeness (QED) is 0.663. The van der Waals surface area contributed by atoms with Crippen LogP contribution in [0.2, 0.25) is 0 Å². The molecule has 0 unspecified atom stereocenters. The number of carbonyl (C=O) groups is 1. The summed E-state index contributed by atoms with van der Waals surface area (Å²) in [5.74, 6) is -0.100. The first-order chi connectivity index (χ1) is 11.8. The third-order valence-corrected chi connectivity index (χ3v) is 3.88. The van der Waals surface area contributed by atoms with E-state index in [0.29, 0.717) is 18.7 Å². The number of amides is 1. The highest BCUT2D eigenvalue weighted by Gasteiger charge is 2.09.